The van der Waals surface area contributed by atoms with E-state index < -0.39 is 12.1 Å². The topological polar surface area (TPSA) is 69.6 Å². The molecular formula is C32H37NO3. The molecule has 0 spiro atoms. The largest absolute Gasteiger partial charge is 0.478 e. The highest BCUT2D eigenvalue weighted by molar-refractivity contribution is 5.87. The quantitative estimate of drug-likeness (QED) is 0.327. The second-order valence-corrected chi connectivity index (χ2v) is 11.3. The van der Waals surface area contributed by atoms with Crippen LogP contribution in [0.3, 0.4) is 0 Å². The summed E-state index contributed by atoms with van der Waals surface area (Å²) in [5, 5.41) is 24.0. The lowest BCUT2D eigenvalue weighted by Crippen LogP contribution is -2.35. The summed E-state index contributed by atoms with van der Waals surface area (Å²) >= 11 is 0. The molecule has 3 aromatic carbocycles. The number of fused-ring (bicyclic) bond motifs is 1. The highest BCUT2D eigenvalue weighted by atomic mass is 16.4. The Labute approximate surface area is 214 Å². The first-order valence-corrected chi connectivity index (χ1v) is 12.6. The van der Waals surface area contributed by atoms with Gasteiger partial charge in [-0.1, -0.05) is 87.9 Å². The fraction of sp³-hybridized carbons (Fsp3) is 0.344. The Morgan fingerprint density at radius 1 is 0.972 bits per heavy atom. The molecule has 0 amide bonds. The number of carbonyl (C=O) groups is 1. The number of nitrogens with one attached hydrogen (secondary N) is 1. The van der Waals surface area contributed by atoms with Crippen LogP contribution in [0, 0.1) is 6.92 Å². The summed E-state index contributed by atoms with van der Waals surface area (Å²) in [5.74, 6) is -0.948. The number of carboxylic acid groups (broad SMARTS) is 1. The molecule has 4 rings (SSSR count). The molecule has 0 saturated heterocycles. The van der Waals surface area contributed by atoms with Crippen LogP contribution in [-0.4, -0.2) is 16.2 Å². The molecule has 4 nitrogen and oxygen atoms in total. The Hall–Kier alpha value is -3.37. The van der Waals surface area contributed by atoms with Crippen LogP contribution in [0.25, 0.3) is 6.08 Å². The highest BCUT2D eigenvalue weighted by Gasteiger charge is 2.39. The Morgan fingerprint density at radius 3 is 2.25 bits per heavy atom. The number of anilines is 1. The maximum Gasteiger partial charge on any atom is 0.335 e. The fourth-order valence-corrected chi connectivity index (χ4v) is 5.08. The number of aliphatic hydroxyl groups excluding tert-OH is 1. The lowest BCUT2D eigenvalue weighted by molar-refractivity contribution is 0.0697. The normalized spacial score (nSPS) is 16.9. The number of hydrogen-bond donors (Lipinski definition) is 3. The standard InChI is InChI=1S/C32H37NO3/c1-21-6-8-23(9-7-21)20-33-27-19-25(18-26-29(27)32(4,5)17-16-31(26,2)3)28(34)15-12-22-10-13-24(14-11-22)30(35)36/h6-15,18-19,28,33-34H,16-17,20H2,1-5H3,(H,35,36). The number of hydrogen-bond acceptors (Lipinski definition) is 3. The predicted molar refractivity (Wildman–Crippen MR) is 148 cm³/mol. The minimum Gasteiger partial charge on any atom is -0.478 e. The molecule has 0 aliphatic heterocycles. The number of aromatic carboxylic acids is 1. The van der Waals surface area contributed by atoms with Gasteiger partial charge in [-0.25, -0.2) is 4.79 Å². The molecule has 0 heterocycles. The molecule has 1 aliphatic carbocycles. The van der Waals surface area contributed by atoms with E-state index in [4.69, 9.17) is 5.11 Å². The van der Waals surface area contributed by atoms with Crippen molar-refractivity contribution in [3.05, 3.63) is 106 Å². The van der Waals surface area contributed by atoms with Gasteiger partial charge >= 0.3 is 5.97 Å². The van der Waals surface area contributed by atoms with Gasteiger partial charge in [0, 0.05) is 12.2 Å². The average Bonchev–Trinajstić information content (AvgIpc) is 2.85. The number of benzene rings is 3. The van der Waals surface area contributed by atoms with E-state index in [1.807, 2.05) is 6.08 Å². The Bertz CT molecular complexity index is 1270. The molecule has 0 fully saturated rings. The van der Waals surface area contributed by atoms with Crippen molar-refractivity contribution >= 4 is 17.7 Å². The number of rotatable bonds is 7. The van der Waals surface area contributed by atoms with Crippen molar-refractivity contribution in [2.45, 2.75) is 70.9 Å². The molecule has 188 valence electrons. The zero-order chi connectivity index (χ0) is 26.1. The minimum absolute atomic E-state index is 0.0112. The van der Waals surface area contributed by atoms with Crippen LogP contribution in [0.15, 0.2) is 66.7 Å². The van der Waals surface area contributed by atoms with Gasteiger partial charge in [-0.2, -0.15) is 0 Å². The van der Waals surface area contributed by atoms with E-state index in [-0.39, 0.29) is 16.4 Å². The lowest BCUT2D eigenvalue weighted by atomic mass is 9.62. The molecule has 36 heavy (non-hydrogen) atoms. The third-order valence-corrected chi connectivity index (χ3v) is 7.52. The van der Waals surface area contributed by atoms with E-state index >= 15 is 0 Å². The molecule has 0 radical (unpaired) electrons. The Morgan fingerprint density at radius 2 is 1.61 bits per heavy atom. The molecule has 0 saturated carbocycles. The van der Waals surface area contributed by atoms with Gasteiger partial charge in [0.1, 0.15) is 0 Å². The van der Waals surface area contributed by atoms with E-state index in [0.29, 0.717) is 6.54 Å². The minimum atomic E-state index is -0.948. The van der Waals surface area contributed by atoms with Gasteiger partial charge in [0.25, 0.3) is 0 Å². The van der Waals surface area contributed by atoms with Gasteiger partial charge in [0.15, 0.2) is 0 Å². The van der Waals surface area contributed by atoms with Crippen molar-refractivity contribution in [2.75, 3.05) is 5.32 Å². The van der Waals surface area contributed by atoms with Crippen LogP contribution < -0.4 is 5.32 Å². The SMILES string of the molecule is Cc1ccc(CNc2cc(C(O)C=Cc3ccc(C(=O)O)cc3)cc3c2C(C)(C)CCC3(C)C)cc1. The predicted octanol–water partition coefficient (Wildman–Crippen LogP) is 7.40. The molecular weight excluding hydrogens is 446 g/mol. The van der Waals surface area contributed by atoms with Crippen molar-refractivity contribution in [1.82, 2.24) is 0 Å². The summed E-state index contributed by atoms with van der Waals surface area (Å²) < 4.78 is 0. The zero-order valence-electron chi connectivity index (χ0n) is 21.9. The molecule has 4 heteroatoms. The molecule has 1 aliphatic rings. The number of carboxylic acids is 1. The lowest BCUT2D eigenvalue weighted by Gasteiger charge is -2.43. The van der Waals surface area contributed by atoms with Gasteiger partial charge in [-0.15, -0.1) is 0 Å². The monoisotopic (exact) mass is 483 g/mol. The smallest absolute Gasteiger partial charge is 0.335 e. The summed E-state index contributed by atoms with van der Waals surface area (Å²) in [4.78, 5) is 11.1. The first-order valence-electron chi connectivity index (χ1n) is 12.6. The molecule has 0 bridgehead atoms. The second kappa shape index (κ2) is 9.94. The maximum atomic E-state index is 11.2. The van der Waals surface area contributed by atoms with Crippen LogP contribution in [0.2, 0.25) is 0 Å². The van der Waals surface area contributed by atoms with Crippen molar-refractivity contribution < 1.29 is 15.0 Å². The van der Waals surface area contributed by atoms with Crippen molar-refractivity contribution in [3.8, 4) is 0 Å². The second-order valence-electron chi connectivity index (χ2n) is 11.3. The van der Waals surface area contributed by atoms with Crippen LogP contribution in [-0.2, 0) is 17.4 Å². The van der Waals surface area contributed by atoms with Crippen LogP contribution in [0.1, 0.15) is 90.4 Å². The van der Waals surface area contributed by atoms with Gasteiger partial charge in [0.05, 0.1) is 11.7 Å². The first kappa shape index (κ1) is 25.7. The van der Waals surface area contributed by atoms with E-state index in [9.17, 15) is 9.90 Å². The van der Waals surface area contributed by atoms with Gasteiger partial charge in [0.2, 0.25) is 0 Å². The van der Waals surface area contributed by atoms with Gasteiger partial charge in [-0.3, -0.25) is 0 Å². The third-order valence-electron chi connectivity index (χ3n) is 7.52. The van der Waals surface area contributed by atoms with Gasteiger partial charge in [-0.05, 0) is 76.6 Å². The number of aliphatic hydroxyl groups is 1. The summed E-state index contributed by atoms with van der Waals surface area (Å²) in [6, 6.07) is 19.5. The molecule has 3 N–H and O–H groups in total. The van der Waals surface area contributed by atoms with Crippen molar-refractivity contribution in [1.29, 1.82) is 0 Å². The number of aryl methyl sites for hydroxylation is 1. The van der Waals surface area contributed by atoms with Crippen LogP contribution in [0.4, 0.5) is 5.69 Å². The van der Waals surface area contributed by atoms with Crippen LogP contribution in [0.5, 0.6) is 0 Å². The van der Waals surface area contributed by atoms with E-state index in [1.54, 1.807) is 30.3 Å². The molecule has 1 atom stereocenters. The summed E-state index contributed by atoms with van der Waals surface area (Å²) in [6.45, 7) is 12.0. The van der Waals surface area contributed by atoms with E-state index in [1.165, 1.54) is 22.3 Å². The van der Waals surface area contributed by atoms with Crippen LogP contribution >= 0.6 is 0 Å². The first-order chi connectivity index (χ1) is 17.0. The Kier molecular flexibility index (Phi) is 7.10. The van der Waals surface area contributed by atoms with Gasteiger partial charge < -0.3 is 15.5 Å². The van der Waals surface area contributed by atoms with Crippen molar-refractivity contribution in [2.24, 2.45) is 0 Å². The fourth-order valence-electron chi connectivity index (χ4n) is 5.08. The highest BCUT2D eigenvalue weighted by Crippen LogP contribution is 2.49. The summed E-state index contributed by atoms with van der Waals surface area (Å²) in [5.41, 5.74) is 8.17. The summed E-state index contributed by atoms with van der Waals surface area (Å²) in [6.07, 6.45) is 5.03. The van der Waals surface area contributed by atoms with E-state index in [0.717, 1.165) is 29.7 Å². The third kappa shape index (κ3) is 5.55. The summed E-state index contributed by atoms with van der Waals surface area (Å²) in [7, 11) is 0. The van der Waals surface area contributed by atoms with Crippen molar-refractivity contribution in [3.63, 3.8) is 0 Å². The average molecular weight is 484 g/mol. The zero-order valence-corrected chi connectivity index (χ0v) is 21.9. The molecule has 0 aromatic heterocycles. The molecule has 1 unspecified atom stereocenters. The maximum absolute atomic E-state index is 11.2. The van der Waals surface area contributed by atoms with E-state index in [2.05, 4.69) is 76.3 Å². The molecule has 3 aromatic rings. The Balaban J connectivity index is 1.69.